The Kier molecular flexibility index (Phi) is 18.2. The second-order valence-electron chi connectivity index (χ2n) is 9.15. The lowest BCUT2D eigenvalue weighted by atomic mass is 10.1. The lowest BCUT2D eigenvalue weighted by molar-refractivity contribution is 0.280. The van der Waals surface area contributed by atoms with Gasteiger partial charge in [-0.2, -0.15) is 8.42 Å². The number of benzene rings is 2. The maximum atomic E-state index is 11.0. The van der Waals surface area contributed by atoms with Gasteiger partial charge in [-0.05, 0) is 37.3 Å². The fourth-order valence-electron chi connectivity index (χ4n) is 4.09. The average Bonchev–Trinajstić information content (AvgIpc) is 2.86. The molecule has 2 rings (SSSR count). The predicted octanol–water partition coefficient (Wildman–Crippen LogP) is 6.27. The molecule has 6 nitrogen and oxygen atoms in total. The molecule has 0 aliphatic rings. The van der Waals surface area contributed by atoms with Crippen molar-refractivity contribution in [3.63, 3.8) is 0 Å². The molecule has 2 aromatic carbocycles. The van der Waals surface area contributed by atoms with Gasteiger partial charge in [0, 0.05) is 25.1 Å². The van der Waals surface area contributed by atoms with Gasteiger partial charge in [-0.3, -0.25) is 4.55 Å². The van der Waals surface area contributed by atoms with E-state index in [0.29, 0.717) is 18.2 Å². The van der Waals surface area contributed by atoms with E-state index in [2.05, 4.69) is 18.3 Å². The van der Waals surface area contributed by atoms with Crippen LogP contribution in [0, 0.1) is 0 Å². The normalized spacial score (nSPS) is 11.2. The summed E-state index contributed by atoms with van der Waals surface area (Å²) in [6, 6.07) is 11.8. The third-order valence-electron chi connectivity index (χ3n) is 6.14. The zero-order chi connectivity index (χ0) is 26.5. The van der Waals surface area contributed by atoms with Crippen molar-refractivity contribution in [3.8, 4) is 0 Å². The number of rotatable bonds is 18. The summed E-state index contributed by atoms with van der Waals surface area (Å²) in [5, 5.41) is 22.6. The van der Waals surface area contributed by atoms with Crippen molar-refractivity contribution in [2.24, 2.45) is 0 Å². The molecular weight excluding hydrogens is 474 g/mol. The first-order valence-electron chi connectivity index (χ1n) is 13.5. The van der Waals surface area contributed by atoms with Crippen molar-refractivity contribution < 1.29 is 23.2 Å². The van der Waals surface area contributed by atoms with E-state index in [0.717, 1.165) is 24.0 Å². The van der Waals surface area contributed by atoms with Crippen LogP contribution in [0.4, 0.5) is 0 Å². The molecule has 0 saturated carbocycles. The van der Waals surface area contributed by atoms with Gasteiger partial charge < -0.3 is 15.5 Å². The second kappa shape index (κ2) is 20.3. The van der Waals surface area contributed by atoms with E-state index >= 15 is 0 Å². The summed E-state index contributed by atoms with van der Waals surface area (Å²) in [4.78, 5) is -0.0457. The first-order chi connectivity index (χ1) is 17.4. The van der Waals surface area contributed by atoms with Crippen molar-refractivity contribution in [1.29, 1.82) is 0 Å². The van der Waals surface area contributed by atoms with E-state index in [-0.39, 0.29) is 18.1 Å². The van der Waals surface area contributed by atoms with Gasteiger partial charge in [0.25, 0.3) is 10.1 Å². The molecule has 0 heterocycles. The summed E-state index contributed by atoms with van der Waals surface area (Å²) in [7, 11) is -4.13. The van der Waals surface area contributed by atoms with Gasteiger partial charge >= 0.3 is 0 Å². The highest BCUT2D eigenvalue weighted by Gasteiger charge is 2.12. The lowest BCUT2D eigenvalue weighted by Gasteiger charge is -2.06. The molecule has 204 valence electrons. The van der Waals surface area contributed by atoms with Crippen molar-refractivity contribution in [1.82, 2.24) is 5.32 Å². The molecule has 0 bridgehead atoms. The van der Waals surface area contributed by atoms with Gasteiger partial charge in [-0.25, -0.2) is 0 Å². The second-order valence-corrected chi connectivity index (χ2v) is 10.5. The minimum atomic E-state index is -4.13. The molecule has 0 aliphatic carbocycles. The first kappa shape index (κ1) is 32.3. The molecule has 0 amide bonds. The molecular formula is C29H47NO5S. The van der Waals surface area contributed by atoms with Crippen LogP contribution in [0.3, 0.4) is 0 Å². The van der Waals surface area contributed by atoms with Crippen LogP contribution in [-0.4, -0.2) is 49.5 Å². The number of hydrogen-bond donors (Lipinski definition) is 4. The number of unbranched alkanes of at least 4 members (excludes halogenated alkanes) is 9. The summed E-state index contributed by atoms with van der Waals surface area (Å²) < 4.78 is 31.0. The van der Waals surface area contributed by atoms with Crippen LogP contribution in [0.2, 0.25) is 0 Å². The topological polar surface area (TPSA) is 107 Å². The zero-order valence-electron chi connectivity index (χ0n) is 22.0. The molecule has 36 heavy (non-hydrogen) atoms. The smallest absolute Gasteiger partial charge is 0.295 e. The Labute approximate surface area is 218 Å². The van der Waals surface area contributed by atoms with Gasteiger partial charge in [0.15, 0.2) is 0 Å². The molecule has 4 N–H and O–H groups in total. The Morgan fingerprint density at radius 3 is 1.94 bits per heavy atom. The van der Waals surface area contributed by atoms with Gasteiger partial charge in [0.1, 0.15) is 4.90 Å². The molecule has 0 radical (unpaired) electrons. The van der Waals surface area contributed by atoms with Crippen LogP contribution in [0.15, 0.2) is 59.0 Å². The molecule has 0 aliphatic heterocycles. The fourth-order valence-corrected chi connectivity index (χ4v) is 4.81. The van der Waals surface area contributed by atoms with Crippen molar-refractivity contribution in [3.05, 3.63) is 54.1 Å². The quantitative estimate of drug-likeness (QED) is 0.105. The highest BCUT2D eigenvalue weighted by atomic mass is 32.2. The summed E-state index contributed by atoms with van der Waals surface area (Å²) in [5.41, 5.74) is 1.15. The molecule has 0 spiro atoms. The molecule has 0 saturated heterocycles. The van der Waals surface area contributed by atoms with Crippen LogP contribution >= 0.6 is 0 Å². The van der Waals surface area contributed by atoms with E-state index in [1.807, 2.05) is 6.07 Å². The van der Waals surface area contributed by atoms with E-state index in [4.69, 9.17) is 14.8 Å². The van der Waals surface area contributed by atoms with Crippen LogP contribution in [-0.2, 0) is 10.1 Å². The van der Waals surface area contributed by atoms with E-state index in [1.165, 1.54) is 70.3 Å². The monoisotopic (exact) mass is 521 g/mol. The largest absolute Gasteiger partial charge is 0.396 e. The van der Waals surface area contributed by atoms with Gasteiger partial charge in [-0.1, -0.05) is 113 Å². The summed E-state index contributed by atoms with van der Waals surface area (Å²) in [6.45, 7) is 4.53. The molecule has 0 aromatic heterocycles. The number of aliphatic hydroxyl groups is 2. The Morgan fingerprint density at radius 2 is 1.36 bits per heavy atom. The fraction of sp³-hybridized carbons (Fsp3) is 0.586. The Morgan fingerprint density at radius 1 is 0.806 bits per heavy atom. The van der Waals surface area contributed by atoms with E-state index in [1.54, 1.807) is 30.3 Å². The number of fused-ring (bicyclic) bond motifs is 1. The molecule has 0 unspecified atom stereocenters. The predicted molar refractivity (Wildman–Crippen MR) is 150 cm³/mol. The summed E-state index contributed by atoms with van der Waals surface area (Å²) in [5.74, 6) is 0. The molecule has 0 fully saturated rings. The van der Waals surface area contributed by atoms with Crippen LogP contribution in [0.25, 0.3) is 10.8 Å². The minimum absolute atomic E-state index is 0.0457. The maximum absolute atomic E-state index is 11.0. The number of hydrogen-bond acceptors (Lipinski definition) is 5. The minimum Gasteiger partial charge on any atom is -0.396 e. The SMILES string of the molecule is CCCCCCCCCCCCNCC=C(CCO)CCO.O=S(=O)(O)c1cccc2ccccc12. The van der Waals surface area contributed by atoms with Crippen LogP contribution in [0.5, 0.6) is 0 Å². The van der Waals surface area contributed by atoms with Crippen molar-refractivity contribution in [2.45, 2.75) is 88.9 Å². The third-order valence-corrected chi connectivity index (χ3v) is 7.05. The Balaban J connectivity index is 0.000000393. The van der Waals surface area contributed by atoms with Gasteiger partial charge in [0.2, 0.25) is 0 Å². The Bertz CT molecular complexity index is 946. The lowest BCUT2D eigenvalue weighted by Crippen LogP contribution is -2.15. The van der Waals surface area contributed by atoms with Crippen LogP contribution in [0.1, 0.15) is 84.0 Å². The van der Waals surface area contributed by atoms with Gasteiger partial charge in [-0.15, -0.1) is 0 Å². The highest BCUT2D eigenvalue weighted by molar-refractivity contribution is 7.86. The summed E-state index contributed by atoms with van der Waals surface area (Å²) >= 11 is 0. The zero-order valence-corrected chi connectivity index (χ0v) is 22.8. The highest BCUT2D eigenvalue weighted by Crippen LogP contribution is 2.22. The molecule has 0 atom stereocenters. The summed E-state index contributed by atoms with van der Waals surface area (Å²) in [6.07, 6.45) is 17.2. The number of aliphatic hydroxyl groups excluding tert-OH is 2. The average molecular weight is 522 g/mol. The van der Waals surface area contributed by atoms with Crippen LogP contribution < -0.4 is 5.32 Å². The van der Waals surface area contributed by atoms with Gasteiger partial charge in [0.05, 0.1) is 0 Å². The van der Waals surface area contributed by atoms with Crippen molar-refractivity contribution in [2.75, 3.05) is 26.3 Å². The van der Waals surface area contributed by atoms with Crippen molar-refractivity contribution >= 4 is 20.9 Å². The Hall–Kier alpha value is -1.77. The number of nitrogens with one attached hydrogen (secondary N) is 1. The standard InChI is InChI=1S/C19H39NO2.C10H8O3S/c1-2-3-4-5-6-7-8-9-10-11-15-20-16-12-19(13-17-21)14-18-22;11-14(12,13)10-7-3-5-8-4-1-2-6-9(8)10/h12,20-22H,2-11,13-18H2,1H3;1-7H,(H,11,12,13). The molecule has 7 heteroatoms. The maximum Gasteiger partial charge on any atom is 0.295 e. The van der Waals surface area contributed by atoms with E-state index < -0.39 is 10.1 Å². The first-order valence-corrected chi connectivity index (χ1v) is 14.9. The van der Waals surface area contributed by atoms with E-state index in [9.17, 15) is 8.42 Å². The molecule has 2 aromatic rings. The third kappa shape index (κ3) is 14.7.